The molecule has 1 atom stereocenters. The first-order chi connectivity index (χ1) is 12.6. The predicted molar refractivity (Wildman–Crippen MR) is 98.4 cm³/mol. The molecule has 2 amide bonds. The van der Waals surface area contributed by atoms with Gasteiger partial charge in [-0.1, -0.05) is 29.8 Å². The molecule has 3 aliphatic heterocycles. The van der Waals surface area contributed by atoms with E-state index in [1.165, 1.54) is 11.1 Å². The van der Waals surface area contributed by atoms with Crippen LogP contribution in [0.15, 0.2) is 24.3 Å². The number of piperidine rings is 1. The van der Waals surface area contributed by atoms with Crippen LogP contribution in [0.3, 0.4) is 0 Å². The van der Waals surface area contributed by atoms with E-state index in [0.29, 0.717) is 26.2 Å². The quantitative estimate of drug-likeness (QED) is 0.836. The van der Waals surface area contributed by atoms with Crippen molar-refractivity contribution in [2.45, 2.75) is 51.1 Å². The van der Waals surface area contributed by atoms with E-state index in [2.05, 4.69) is 36.1 Å². The van der Waals surface area contributed by atoms with Crippen LogP contribution in [0.4, 0.5) is 0 Å². The third-order valence-corrected chi connectivity index (χ3v) is 6.39. The highest BCUT2D eigenvalue weighted by Crippen LogP contribution is 2.40. The van der Waals surface area contributed by atoms with Crippen molar-refractivity contribution in [3.63, 3.8) is 0 Å². The number of ether oxygens (including phenoxy) is 1. The SMILES string of the molecule is Cc1cccc(CN2C(=O)CCC23CCN(C(=O)C2CCOC2)CC3)c1. The third kappa shape index (κ3) is 3.25. The highest BCUT2D eigenvalue weighted by Gasteiger charge is 2.47. The molecule has 5 nitrogen and oxygen atoms in total. The molecule has 3 saturated heterocycles. The molecule has 5 heteroatoms. The lowest BCUT2D eigenvalue weighted by Gasteiger charge is -2.45. The minimum absolute atomic E-state index is 0.0395. The number of amides is 2. The molecule has 3 aliphatic rings. The molecule has 0 radical (unpaired) electrons. The minimum Gasteiger partial charge on any atom is -0.381 e. The molecule has 26 heavy (non-hydrogen) atoms. The van der Waals surface area contributed by atoms with Crippen LogP contribution in [0, 0.1) is 12.8 Å². The molecule has 1 unspecified atom stereocenters. The fraction of sp³-hybridized carbons (Fsp3) is 0.619. The Morgan fingerprint density at radius 1 is 1.27 bits per heavy atom. The van der Waals surface area contributed by atoms with E-state index in [0.717, 1.165) is 38.8 Å². The van der Waals surface area contributed by atoms with Crippen molar-refractivity contribution in [1.82, 2.24) is 9.80 Å². The van der Waals surface area contributed by atoms with Crippen LogP contribution in [-0.2, 0) is 20.9 Å². The second-order valence-electron chi connectivity index (χ2n) is 8.08. The zero-order valence-electron chi connectivity index (χ0n) is 15.6. The molecule has 0 aliphatic carbocycles. The van der Waals surface area contributed by atoms with Crippen molar-refractivity contribution in [3.8, 4) is 0 Å². The standard InChI is InChI=1S/C21H28N2O3/c1-16-3-2-4-17(13-16)14-23-19(24)5-7-21(23)8-10-22(11-9-21)20(25)18-6-12-26-15-18/h2-4,13,18H,5-12,14-15H2,1H3. The molecular weight excluding hydrogens is 328 g/mol. The minimum atomic E-state index is -0.0657. The molecule has 4 rings (SSSR count). The van der Waals surface area contributed by atoms with Crippen LogP contribution in [0.5, 0.6) is 0 Å². The van der Waals surface area contributed by atoms with E-state index in [1.54, 1.807) is 0 Å². The van der Waals surface area contributed by atoms with Gasteiger partial charge in [-0.3, -0.25) is 9.59 Å². The van der Waals surface area contributed by atoms with E-state index in [4.69, 9.17) is 4.74 Å². The number of hydrogen-bond acceptors (Lipinski definition) is 3. The Morgan fingerprint density at radius 3 is 2.77 bits per heavy atom. The number of aryl methyl sites for hydroxylation is 1. The van der Waals surface area contributed by atoms with Crippen molar-refractivity contribution in [2.24, 2.45) is 5.92 Å². The topological polar surface area (TPSA) is 49.9 Å². The Kier molecular flexibility index (Phi) is 4.74. The van der Waals surface area contributed by atoms with Gasteiger partial charge in [-0.05, 0) is 38.2 Å². The summed E-state index contributed by atoms with van der Waals surface area (Å²) >= 11 is 0. The van der Waals surface area contributed by atoms with Gasteiger partial charge >= 0.3 is 0 Å². The summed E-state index contributed by atoms with van der Waals surface area (Å²) in [6.07, 6.45) is 4.19. The number of likely N-dealkylation sites (tertiary alicyclic amines) is 2. The Morgan fingerprint density at radius 2 is 2.08 bits per heavy atom. The average Bonchev–Trinajstić information content (AvgIpc) is 3.27. The third-order valence-electron chi connectivity index (χ3n) is 6.39. The molecule has 1 aromatic carbocycles. The fourth-order valence-corrected chi connectivity index (χ4v) is 4.77. The molecule has 140 valence electrons. The smallest absolute Gasteiger partial charge is 0.228 e. The van der Waals surface area contributed by atoms with E-state index < -0.39 is 0 Å². The normalized spacial score (nSPS) is 25.3. The van der Waals surface area contributed by atoms with Crippen molar-refractivity contribution >= 4 is 11.8 Å². The highest BCUT2D eigenvalue weighted by molar-refractivity contribution is 5.81. The summed E-state index contributed by atoms with van der Waals surface area (Å²) < 4.78 is 5.37. The molecule has 1 aromatic rings. The summed E-state index contributed by atoms with van der Waals surface area (Å²) in [5.74, 6) is 0.542. The Hall–Kier alpha value is -1.88. The maximum absolute atomic E-state index is 12.6. The molecular formula is C21H28N2O3. The van der Waals surface area contributed by atoms with Crippen LogP contribution < -0.4 is 0 Å². The summed E-state index contributed by atoms with van der Waals surface area (Å²) in [4.78, 5) is 29.3. The molecule has 3 fully saturated rings. The van der Waals surface area contributed by atoms with Crippen LogP contribution in [0.2, 0.25) is 0 Å². The molecule has 0 aromatic heterocycles. The van der Waals surface area contributed by atoms with Crippen LogP contribution in [0.1, 0.15) is 43.2 Å². The lowest BCUT2D eigenvalue weighted by molar-refractivity contribution is -0.140. The number of hydrogen-bond donors (Lipinski definition) is 0. The zero-order valence-corrected chi connectivity index (χ0v) is 15.6. The molecule has 0 bridgehead atoms. The monoisotopic (exact) mass is 356 g/mol. The lowest BCUT2D eigenvalue weighted by atomic mass is 9.84. The van der Waals surface area contributed by atoms with Gasteiger partial charge in [0.25, 0.3) is 0 Å². The first kappa shape index (κ1) is 17.5. The Bertz CT molecular complexity index is 688. The maximum atomic E-state index is 12.6. The molecule has 0 N–H and O–H groups in total. The Labute approximate surface area is 155 Å². The van der Waals surface area contributed by atoms with E-state index in [1.807, 2.05) is 4.90 Å². The number of benzene rings is 1. The number of rotatable bonds is 3. The second kappa shape index (κ2) is 7.03. The predicted octanol–water partition coefficient (Wildman–Crippen LogP) is 2.52. The van der Waals surface area contributed by atoms with Crippen molar-refractivity contribution in [1.29, 1.82) is 0 Å². The number of nitrogens with zero attached hydrogens (tertiary/aromatic N) is 2. The summed E-state index contributed by atoms with van der Waals surface area (Å²) in [6, 6.07) is 8.41. The van der Waals surface area contributed by atoms with Crippen molar-refractivity contribution in [2.75, 3.05) is 26.3 Å². The largest absolute Gasteiger partial charge is 0.381 e. The van der Waals surface area contributed by atoms with Gasteiger partial charge in [0, 0.05) is 38.2 Å². The second-order valence-corrected chi connectivity index (χ2v) is 8.08. The van der Waals surface area contributed by atoms with Gasteiger partial charge < -0.3 is 14.5 Å². The lowest BCUT2D eigenvalue weighted by Crippen LogP contribution is -2.54. The first-order valence-electron chi connectivity index (χ1n) is 9.80. The van der Waals surface area contributed by atoms with Gasteiger partial charge in [-0.15, -0.1) is 0 Å². The summed E-state index contributed by atoms with van der Waals surface area (Å²) in [5, 5.41) is 0. The summed E-state index contributed by atoms with van der Waals surface area (Å²) in [5.41, 5.74) is 2.35. The summed E-state index contributed by atoms with van der Waals surface area (Å²) in [6.45, 7) is 5.55. The maximum Gasteiger partial charge on any atom is 0.228 e. The Balaban J connectivity index is 1.44. The van der Waals surface area contributed by atoms with E-state index in [-0.39, 0.29) is 23.3 Å². The van der Waals surface area contributed by atoms with Gasteiger partial charge in [-0.25, -0.2) is 0 Å². The number of carbonyl (C=O) groups excluding carboxylic acids is 2. The van der Waals surface area contributed by atoms with Crippen LogP contribution in [-0.4, -0.2) is 53.5 Å². The first-order valence-corrected chi connectivity index (χ1v) is 9.80. The van der Waals surface area contributed by atoms with Crippen molar-refractivity contribution < 1.29 is 14.3 Å². The molecule has 0 saturated carbocycles. The average molecular weight is 356 g/mol. The van der Waals surface area contributed by atoms with Crippen LogP contribution in [0.25, 0.3) is 0 Å². The molecule has 3 heterocycles. The van der Waals surface area contributed by atoms with Crippen LogP contribution >= 0.6 is 0 Å². The highest BCUT2D eigenvalue weighted by atomic mass is 16.5. The number of carbonyl (C=O) groups is 2. The van der Waals surface area contributed by atoms with Gasteiger partial charge in [0.15, 0.2) is 0 Å². The van der Waals surface area contributed by atoms with Gasteiger partial charge in [0.05, 0.1) is 12.5 Å². The van der Waals surface area contributed by atoms with Crippen molar-refractivity contribution in [3.05, 3.63) is 35.4 Å². The van der Waals surface area contributed by atoms with E-state index >= 15 is 0 Å². The zero-order chi connectivity index (χ0) is 18.1. The van der Waals surface area contributed by atoms with E-state index in [9.17, 15) is 9.59 Å². The van der Waals surface area contributed by atoms with Gasteiger partial charge in [-0.2, -0.15) is 0 Å². The van der Waals surface area contributed by atoms with Gasteiger partial charge in [0.2, 0.25) is 11.8 Å². The fourth-order valence-electron chi connectivity index (χ4n) is 4.77. The summed E-state index contributed by atoms with van der Waals surface area (Å²) in [7, 11) is 0. The van der Waals surface area contributed by atoms with Gasteiger partial charge in [0.1, 0.15) is 0 Å². The molecule has 1 spiro atoms.